The van der Waals surface area contributed by atoms with Gasteiger partial charge < -0.3 is 9.47 Å². The summed E-state index contributed by atoms with van der Waals surface area (Å²) in [5.41, 5.74) is 0. The Hall–Kier alpha value is -2.38. The highest BCUT2D eigenvalue weighted by molar-refractivity contribution is 6.30. The molecule has 22 heavy (non-hydrogen) atoms. The average molecular weight is 314 g/mol. The van der Waals surface area contributed by atoms with Gasteiger partial charge in [-0.15, -0.1) is 0 Å². The molecule has 0 saturated carbocycles. The lowest BCUT2D eigenvalue weighted by atomic mass is 10.0. The van der Waals surface area contributed by atoms with Crippen molar-refractivity contribution in [1.82, 2.24) is 0 Å². The summed E-state index contributed by atoms with van der Waals surface area (Å²) in [7, 11) is 0. The standard InChI is InChI=1S/C14H18O8/c1-7(9(3)15)11(17)5-21-13(19)14(20)22-6-12(18)8(2)10(4)16/h7-8H,5-6H2,1-4H3. The Morgan fingerprint density at radius 1 is 0.682 bits per heavy atom. The molecule has 0 rings (SSSR count). The summed E-state index contributed by atoms with van der Waals surface area (Å²) in [5, 5.41) is 0. The normalized spacial score (nSPS) is 12.7. The molecule has 0 aliphatic rings. The van der Waals surface area contributed by atoms with Gasteiger partial charge in [0.15, 0.2) is 24.8 Å². The third kappa shape index (κ3) is 6.38. The molecule has 0 bridgehead atoms. The summed E-state index contributed by atoms with van der Waals surface area (Å²) in [6, 6.07) is 0. The topological polar surface area (TPSA) is 121 Å². The Morgan fingerprint density at radius 2 is 0.955 bits per heavy atom. The van der Waals surface area contributed by atoms with Crippen LogP contribution in [0.15, 0.2) is 0 Å². The van der Waals surface area contributed by atoms with Crippen LogP contribution in [0.25, 0.3) is 0 Å². The van der Waals surface area contributed by atoms with Gasteiger partial charge in [0.2, 0.25) is 0 Å². The molecule has 0 aromatic heterocycles. The maximum Gasteiger partial charge on any atom is 0.417 e. The summed E-state index contributed by atoms with van der Waals surface area (Å²) in [5.74, 6) is -6.90. The fourth-order valence-electron chi connectivity index (χ4n) is 1.09. The van der Waals surface area contributed by atoms with Gasteiger partial charge in [-0.1, -0.05) is 0 Å². The van der Waals surface area contributed by atoms with Gasteiger partial charge in [0, 0.05) is 0 Å². The van der Waals surface area contributed by atoms with Crippen molar-refractivity contribution in [3.05, 3.63) is 0 Å². The van der Waals surface area contributed by atoms with Crippen LogP contribution in [0.3, 0.4) is 0 Å². The second-order valence-electron chi connectivity index (χ2n) is 4.75. The molecule has 0 radical (unpaired) electrons. The molecule has 0 heterocycles. The molecule has 0 aliphatic carbocycles. The van der Waals surface area contributed by atoms with Crippen LogP contribution in [0, 0.1) is 11.8 Å². The van der Waals surface area contributed by atoms with Crippen molar-refractivity contribution in [2.24, 2.45) is 11.8 Å². The van der Waals surface area contributed by atoms with E-state index in [0.29, 0.717) is 0 Å². The summed E-state index contributed by atoms with van der Waals surface area (Å²) in [6.45, 7) is 3.62. The zero-order valence-electron chi connectivity index (χ0n) is 12.8. The van der Waals surface area contributed by atoms with Gasteiger partial charge in [-0.2, -0.15) is 0 Å². The quantitative estimate of drug-likeness (QED) is 0.339. The van der Waals surface area contributed by atoms with Crippen LogP contribution in [-0.4, -0.2) is 48.3 Å². The first kappa shape index (κ1) is 19.6. The number of ether oxygens (including phenoxy) is 2. The van der Waals surface area contributed by atoms with Gasteiger partial charge in [-0.3, -0.25) is 19.2 Å². The summed E-state index contributed by atoms with van der Waals surface area (Å²) in [6.07, 6.45) is 0. The van der Waals surface area contributed by atoms with Crippen molar-refractivity contribution >= 4 is 35.1 Å². The molecule has 2 atom stereocenters. The first-order valence-corrected chi connectivity index (χ1v) is 6.48. The van der Waals surface area contributed by atoms with Crippen molar-refractivity contribution in [1.29, 1.82) is 0 Å². The van der Waals surface area contributed by atoms with Crippen molar-refractivity contribution < 1.29 is 38.2 Å². The van der Waals surface area contributed by atoms with Crippen molar-refractivity contribution in [3.8, 4) is 0 Å². The highest BCUT2D eigenvalue weighted by atomic mass is 16.6. The number of ketones is 4. The predicted octanol–water partition coefficient (Wildman–Crippen LogP) is -0.339. The maximum atomic E-state index is 11.4. The Bertz CT molecular complexity index is 459. The number of hydrogen-bond acceptors (Lipinski definition) is 8. The van der Waals surface area contributed by atoms with E-state index in [2.05, 4.69) is 9.47 Å². The van der Waals surface area contributed by atoms with Gasteiger partial charge in [-0.05, 0) is 27.7 Å². The zero-order valence-corrected chi connectivity index (χ0v) is 12.8. The monoisotopic (exact) mass is 314 g/mol. The third-order valence-corrected chi connectivity index (χ3v) is 3.04. The van der Waals surface area contributed by atoms with Gasteiger partial charge in [-0.25, -0.2) is 9.59 Å². The van der Waals surface area contributed by atoms with Gasteiger partial charge in [0.25, 0.3) is 0 Å². The molecule has 2 unspecified atom stereocenters. The highest BCUT2D eigenvalue weighted by Gasteiger charge is 2.25. The Morgan fingerprint density at radius 3 is 1.18 bits per heavy atom. The molecule has 0 aromatic rings. The first-order chi connectivity index (χ1) is 10.1. The molecular weight excluding hydrogens is 296 g/mol. The predicted molar refractivity (Wildman–Crippen MR) is 71.6 cm³/mol. The lowest BCUT2D eigenvalue weighted by Gasteiger charge is -2.08. The van der Waals surface area contributed by atoms with Crippen LogP contribution in [0.2, 0.25) is 0 Å². The second kappa shape index (κ2) is 8.81. The Kier molecular flexibility index (Phi) is 7.85. The van der Waals surface area contributed by atoms with E-state index in [1.807, 2.05) is 0 Å². The van der Waals surface area contributed by atoms with E-state index in [1.54, 1.807) is 0 Å². The highest BCUT2D eigenvalue weighted by Crippen LogP contribution is 2.01. The molecule has 0 saturated heterocycles. The largest absolute Gasteiger partial charge is 0.449 e. The van der Waals surface area contributed by atoms with Crippen LogP contribution in [0.4, 0.5) is 0 Å². The Labute approximate surface area is 127 Å². The minimum atomic E-state index is -1.45. The minimum Gasteiger partial charge on any atom is -0.449 e. The van der Waals surface area contributed by atoms with E-state index < -0.39 is 60.1 Å². The van der Waals surface area contributed by atoms with Crippen LogP contribution in [0.1, 0.15) is 27.7 Å². The summed E-state index contributed by atoms with van der Waals surface area (Å²) < 4.78 is 8.77. The molecule has 122 valence electrons. The van der Waals surface area contributed by atoms with Crippen LogP contribution in [0.5, 0.6) is 0 Å². The molecule has 0 aromatic carbocycles. The van der Waals surface area contributed by atoms with Gasteiger partial charge >= 0.3 is 11.9 Å². The lowest BCUT2D eigenvalue weighted by Crippen LogP contribution is -2.30. The number of carbonyl (C=O) groups excluding carboxylic acids is 6. The van der Waals surface area contributed by atoms with Crippen molar-refractivity contribution in [3.63, 3.8) is 0 Å². The van der Waals surface area contributed by atoms with E-state index in [0.717, 1.165) is 0 Å². The maximum absolute atomic E-state index is 11.4. The van der Waals surface area contributed by atoms with Crippen LogP contribution < -0.4 is 0 Å². The molecule has 8 nitrogen and oxygen atoms in total. The number of hydrogen-bond donors (Lipinski definition) is 0. The fraction of sp³-hybridized carbons (Fsp3) is 0.571. The molecule has 0 amide bonds. The Balaban J connectivity index is 4.26. The van der Waals surface area contributed by atoms with E-state index >= 15 is 0 Å². The summed E-state index contributed by atoms with van der Waals surface area (Å²) >= 11 is 0. The molecule has 0 aliphatic heterocycles. The van der Waals surface area contributed by atoms with Crippen molar-refractivity contribution in [2.75, 3.05) is 13.2 Å². The average Bonchev–Trinajstić information content (AvgIpc) is 2.47. The first-order valence-electron chi connectivity index (χ1n) is 6.48. The third-order valence-electron chi connectivity index (χ3n) is 3.04. The number of carbonyl (C=O) groups is 6. The second-order valence-corrected chi connectivity index (χ2v) is 4.75. The minimum absolute atomic E-state index is 0.396. The number of esters is 2. The summed E-state index contributed by atoms with van der Waals surface area (Å²) in [4.78, 5) is 67.2. The zero-order chi connectivity index (χ0) is 17.4. The van der Waals surface area contributed by atoms with Gasteiger partial charge in [0.05, 0.1) is 11.8 Å². The molecule has 0 spiro atoms. The van der Waals surface area contributed by atoms with Crippen LogP contribution in [-0.2, 0) is 38.2 Å². The lowest BCUT2D eigenvalue weighted by molar-refractivity contribution is -0.169. The van der Waals surface area contributed by atoms with E-state index in [4.69, 9.17) is 0 Å². The molecule has 8 heteroatoms. The van der Waals surface area contributed by atoms with Crippen LogP contribution >= 0.6 is 0 Å². The van der Waals surface area contributed by atoms with E-state index in [9.17, 15) is 28.8 Å². The SMILES string of the molecule is CC(=O)C(C)C(=O)COC(=O)C(=O)OCC(=O)C(C)C(C)=O. The molecular formula is C14H18O8. The molecule has 0 N–H and O–H groups in total. The fourth-order valence-corrected chi connectivity index (χ4v) is 1.09. The van der Waals surface area contributed by atoms with E-state index in [-0.39, 0.29) is 0 Å². The number of rotatable bonds is 8. The van der Waals surface area contributed by atoms with Gasteiger partial charge in [0.1, 0.15) is 11.6 Å². The number of Topliss-reactive ketones (excluding diaryl/α,β-unsaturated/α-hetero) is 4. The molecule has 0 fully saturated rings. The van der Waals surface area contributed by atoms with Crippen molar-refractivity contribution in [2.45, 2.75) is 27.7 Å². The van der Waals surface area contributed by atoms with E-state index in [1.165, 1.54) is 27.7 Å². The smallest absolute Gasteiger partial charge is 0.417 e.